The van der Waals surface area contributed by atoms with Crippen molar-refractivity contribution < 1.29 is 33.4 Å². The van der Waals surface area contributed by atoms with Gasteiger partial charge in [0.2, 0.25) is 6.54 Å². The predicted octanol–water partition coefficient (Wildman–Crippen LogP) is 2.19. The van der Waals surface area contributed by atoms with E-state index in [1.165, 1.54) is 0 Å². The van der Waals surface area contributed by atoms with Gasteiger partial charge in [0.1, 0.15) is 0 Å². The van der Waals surface area contributed by atoms with E-state index in [4.69, 9.17) is 24.1 Å². The third-order valence-corrected chi connectivity index (χ3v) is 3.34. The van der Waals surface area contributed by atoms with Crippen molar-refractivity contribution >= 4 is 18.1 Å². The Bertz CT molecular complexity index is 742. The van der Waals surface area contributed by atoms with Crippen LogP contribution >= 0.6 is 0 Å². The van der Waals surface area contributed by atoms with Gasteiger partial charge in [-0.2, -0.15) is 4.57 Å². The van der Waals surface area contributed by atoms with Gasteiger partial charge in [-0.05, 0) is 23.3 Å². The number of pyridine rings is 1. The molecule has 2 aromatic rings. The molecule has 7 heteroatoms. The maximum atomic E-state index is 10.7. The fourth-order valence-electron chi connectivity index (χ4n) is 2.14. The molecule has 26 heavy (non-hydrogen) atoms. The fraction of sp³-hybridized carbons (Fsp3) is 0.263. The van der Waals surface area contributed by atoms with Gasteiger partial charge in [0, 0.05) is 26.4 Å². The van der Waals surface area contributed by atoms with Gasteiger partial charge in [-0.3, -0.25) is 0 Å². The molecule has 1 aromatic carbocycles. The minimum absolute atomic E-state index is 0.0624. The summed E-state index contributed by atoms with van der Waals surface area (Å²) in [7, 11) is 3.10. The van der Waals surface area contributed by atoms with E-state index in [0.29, 0.717) is 11.5 Å². The van der Waals surface area contributed by atoms with Crippen LogP contribution in [0.4, 0.5) is 0 Å². The fourth-order valence-corrected chi connectivity index (χ4v) is 2.14. The summed E-state index contributed by atoms with van der Waals surface area (Å²) in [6.07, 6.45) is 7.30. The number of carboxylic acids is 1. The summed E-state index contributed by atoms with van der Waals surface area (Å²) < 4.78 is 22.5. The van der Waals surface area contributed by atoms with E-state index in [1.54, 1.807) is 37.2 Å². The molecule has 0 bridgehead atoms. The normalized spacial score (nSPS) is 10.8. The largest absolute Gasteiger partial charge is 0.477 e. The summed E-state index contributed by atoms with van der Waals surface area (Å²) in [5.74, 6) is 0.242. The van der Waals surface area contributed by atoms with Crippen LogP contribution in [0.15, 0.2) is 42.7 Å². The van der Waals surface area contributed by atoms with Crippen molar-refractivity contribution in [1.29, 1.82) is 0 Å². The molecule has 0 saturated carbocycles. The van der Waals surface area contributed by atoms with E-state index < -0.39 is 5.97 Å². The van der Waals surface area contributed by atoms with Crippen LogP contribution in [0.5, 0.6) is 11.5 Å². The highest BCUT2D eigenvalue weighted by molar-refractivity contribution is 5.70. The molecule has 1 aromatic heterocycles. The van der Waals surface area contributed by atoms with Crippen LogP contribution in [0.2, 0.25) is 0 Å². The standard InChI is InChI=1S/C19H21NO6/c1-23-13-25-17-6-5-16(11-18(17)26-14-24-2)4-3-15-7-9-20(10-8-15)12-19(21)22/h3-11H,12-14H2,1-2H3/p+1. The van der Waals surface area contributed by atoms with Gasteiger partial charge < -0.3 is 24.1 Å². The number of methoxy groups -OCH3 is 2. The van der Waals surface area contributed by atoms with Crippen LogP contribution in [-0.2, 0) is 20.8 Å². The number of hydrogen-bond acceptors (Lipinski definition) is 5. The zero-order valence-corrected chi connectivity index (χ0v) is 14.8. The topological polar surface area (TPSA) is 78.1 Å². The van der Waals surface area contributed by atoms with E-state index in [9.17, 15) is 4.79 Å². The monoisotopic (exact) mass is 360 g/mol. The first-order chi connectivity index (χ1) is 12.6. The van der Waals surface area contributed by atoms with Crippen LogP contribution < -0.4 is 14.0 Å². The van der Waals surface area contributed by atoms with Crippen molar-refractivity contribution in [2.24, 2.45) is 0 Å². The molecule has 0 radical (unpaired) electrons. The van der Waals surface area contributed by atoms with Crippen molar-refractivity contribution in [3.63, 3.8) is 0 Å². The van der Waals surface area contributed by atoms with E-state index in [-0.39, 0.29) is 20.1 Å². The molecule has 0 aliphatic rings. The van der Waals surface area contributed by atoms with Crippen molar-refractivity contribution in [2.75, 3.05) is 27.8 Å². The van der Waals surface area contributed by atoms with Gasteiger partial charge in [-0.15, -0.1) is 0 Å². The molecule has 2 rings (SSSR count). The van der Waals surface area contributed by atoms with Crippen LogP contribution in [-0.4, -0.2) is 38.9 Å². The highest BCUT2D eigenvalue weighted by Gasteiger charge is 2.07. The second-order valence-electron chi connectivity index (χ2n) is 5.34. The van der Waals surface area contributed by atoms with E-state index in [1.807, 2.05) is 36.4 Å². The average Bonchev–Trinajstić information content (AvgIpc) is 2.64. The molecule has 0 fully saturated rings. The molecule has 0 aliphatic carbocycles. The van der Waals surface area contributed by atoms with Gasteiger partial charge in [0.25, 0.3) is 0 Å². The second kappa shape index (κ2) is 10.2. The number of hydrogen-bond donors (Lipinski definition) is 1. The number of carboxylic acid groups (broad SMARTS) is 1. The number of benzene rings is 1. The molecule has 0 amide bonds. The van der Waals surface area contributed by atoms with Crippen molar-refractivity contribution in [1.82, 2.24) is 0 Å². The molecule has 0 saturated heterocycles. The Hall–Kier alpha value is -2.90. The summed E-state index contributed by atoms with van der Waals surface area (Å²) in [5, 5.41) is 8.78. The van der Waals surface area contributed by atoms with E-state index >= 15 is 0 Å². The zero-order valence-electron chi connectivity index (χ0n) is 14.8. The molecule has 1 N–H and O–H groups in total. The summed E-state index contributed by atoms with van der Waals surface area (Å²) in [6.45, 7) is 0.171. The summed E-state index contributed by atoms with van der Waals surface area (Å²) in [5.41, 5.74) is 1.87. The quantitative estimate of drug-likeness (QED) is 0.517. The summed E-state index contributed by atoms with van der Waals surface area (Å²) in [6, 6.07) is 9.23. The molecule has 1 heterocycles. The Morgan fingerprint density at radius 1 is 0.962 bits per heavy atom. The number of rotatable bonds is 10. The van der Waals surface area contributed by atoms with Crippen LogP contribution in [0.25, 0.3) is 12.2 Å². The highest BCUT2D eigenvalue weighted by atomic mass is 16.7. The molecular weight excluding hydrogens is 338 g/mol. The second-order valence-corrected chi connectivity index (χ2v) is 5.34. The zero-order chi connectivity index (χ0) is 18.8. The highest BCUT2D eigenvalue weighted by Crippen LogP contribution is 2.29. The SMILES string of the molecule is COCOc1ccc(C=Cc2cc[n+](CC(=O)O)cc2)cc1OCOC. The molecule has 0 atom stereocenters. The van der Waals surface area contributed by atoms with Gasteiger partial charge >= 0.3 is 5.97 Å². The maximum Gasteiger partial charge on any atom is 0.370 e. The van der Waals surface area contributed by atoms with Gasteiger partial charge in [-0.1, -0.05) is 18.2 Å². The summed E-state index contributed by atoms with van der Waals surface area (Å²) in [4.78, 5) is 10.7. The Morgan fingerprint density at radius 3 is 2.19 bits per heavy atom. The van der Waals surface area contributed by atoms with Crippen molar-refractivity contribution in [3.8, 4) is 11.5 Å². The number of nitrogens with zero attached hydrogens (tertiary/aromatic N) is 1. The van der Waals surface area contributed by atoms with E-state index in [0.717, 1.165) is 11.1 Å². The lowest BCUT2D eigenvalue weighted by molar-refractivity contribution is -0.685. The lowest BCUT2D eigenvalue weighted by atomic mass is 10.1. The number of ether oxygens (including phenoxy) is 4. The average molecular weight is 360 g/mol. The number of aliphatic carboxylic acids is 1. The lowest BCUT2D eigenvalue weighted by Gasteiger charge is -2.12. The maximum absolute atomic E-state index is 10.7. The first-order valence-electron chi connectivity index (χ1n) is 7.89. The van der Waals surface area contributed by atoms with Crippen LogP contribution in [0.1, 0.15) is 11.1 Å². The molecular formula is C19H22NO6+. The third kappa shape index (κ3) is 6.19. The molecule has 0 spiro atoms. The Balaban J connectivity index is 2.11. The molecule has 138 valence electrons. The first kappa shape index (κ1) is 19.4. The first-order valence-corrected chi connectivity index (χ1v) is 7.89. The number of aromatic nitrogens is 1. The molecule has 7 nitrogen and oxygen atoms in total. The smallest absolute Gasteiger partial charge is 0.370 e. The van der Waals surface area contributed by atoms with Crippen LogP contribution in [0.3, 0.4) is 0 Å². The van der Waals surface area contributed by atoms with Crippen molar-refractivity contribution in [2.45, 2.75) is 6.54 Å². The third-order valence-electron chi connectivity index (χ3n) is 3.34. The van der Waals surface area contributed by atoms with Crippen LogP contribution in [0, 0.1) is 0 Å². The molecule has 0 unspecified atom stereocenters. The van der Waals surface area contributed by atoms with Crippen molar-refractivity contribution in [3.05, 3.63) is 53.9 Å². The Labute approximate surface area is 152 Å². The molecule has 0 aliphatic heterocycles. The minimum Gasteiger partial charge on any atom is -0.477 e. The Morgan fingerprint density at radius 2 is 1.58 bits per heavy atom. The Kier molecular flexibility index (Phi) is 7.60. The van der Waals surface area contributed by atoms with E-state index in [2.05, 4.69) is 0 Å². The number of carbonyl (C=O) groups is 1. The van der Waals surface area contributed by atoms with Gasteiger partial charge in [0.15, 0.2) is 37.5 Å². The predicted molar refractivity (Wildman–Crippen MR) is 94.7 cm³/mol. The minimum atomic E-state index is -0.877. The summed E-state index contributed by atoms with van der Waals surface area (Å²) >= 11 is 0. The lowest BCUT2D eigenvalue weighted by Crippen LogP contribution is -2.36. The van der Waals surface area contributed by atoms with Gasteiger partial charge in [0.05, 0.1) is 0 Å². The van der Waals surface area contributed by atoms with Gasteiger partial charge in [-0.25, -0.2) is 4.79 Å².